The Morgan fingerprint density at radius 1 is 0.250 bits per heavy atom. The Labute approximate surface area is 475 Å². The fraction of sp³-hybridized carbons (Fsp3) is 0.784. The number of hydrogen-bond donors (Lipinski definition) is 0. The van der Waals surface area contributed by atoms with Gasteiger partial charge in [-0.25, -0.2) is 4.70 Å². The average Bonchev–Trinajstić information content (AvgIpc) is 3.77. The van der Waals surface area contributed by atoms with E-state index in [0.29, 0.717) is 0 Å². The third-order valence-corrected chi connectivity index (χ3v) is 17.3. The van der Waals surface area contributed by atoms with Crippen molar-refractivity contribution < 1.29 is 4.70 Å². The molecule has 2 heteroatoms. The van der Waals surface area contributed by atoms with Gasteiger partial charge in [-0.15, -0.1) is 0 Å². The number of rotatable bonds is 55. The lowest BCUT2D eigenvalue weighted by Crippen LogP contribution is -2.05. The number of benzene rings is 2. The molecule has 0 amide bonds. The molecule has 0 atom stereocenters. The first kappa shape index (κ1) is 67.8. The number of unbranched alkanes of at least 4 members (excludes halogenated alkanes) is 43. The third kappa shape index (κ3) is 33.2. The first-order chi connectivity index (χ1) is 37.5. The molecule has 0 radical (unpaired) electrons. The van der Waals surface area contributed by atoms with E-state index in [2.05, 4.69) is 77.1 Å². The minimum absolute atomic E-state index is 0.989. The van der Waals surface area contributed by atoms with Gasteiger partial charge in [-0.05, 0) is 111 Å². The molecular formula is C74H128N2. The predicted octanol–water partition coefficient (Wildman–Crippen LogP) is 25.9. The number of nitrogens with zero attached hydrogens (tertiary/aromatic N) is 2. The van der Waals surface area contributed by atoms with Crippen molar-refractivity contribution in [2.75, 3.05) is 0 Å². The fourth-order valence-electron chi connectivity index (χ4n) is 12.3. The molecular weight excluding hydrogens is 917 g/mol. The summed E-state index contributed by atoms with van der Waals surface area (Å²) in [5, 5.41) is 0. The summed E-state index contributed by atoms with van der Waals surface area (Å²) in [6.07, 6.45) is 74.4. The van der Waals surface area contributed by atoms with Crippen LogP contribution in [0, 0.1) is 0 Å². The van der Waals surface area contributed by atoms with E-state index in [1.807, 2.05) is 0 Å². The molecule has 0 aliphatic carbocycles. The zero-order valence-corrected chi connectivity index (χ0v) is 51.9. The summed E-state index contributed by atoms with van der Waals surface area (Å²) in [7, 11) is 0. The Balaban J connectivity index is 1.53. The number of aryl methyl sites for hydroxylation is 4. The van der Waals surface area contributed by atoms with Crippen molar-refractivity contribution in [1.29, 1.82) is 0 Å². The van der Waals surface area contributed by atoms with Crippen LogP contribution in [0.4, 0.5) is 0 Å². The lowest BCUT2D eigenvalue weighted by atomic mass is 9.94. The van der Waals surface area contributed by atoms with Crippen LogP contribution in [-0.2, 0) is 25.7 Å². The zero-order chi connectivity index (χ0) is 54.2. The average molecular weight is 1050 g/mol. The van der Waals surface area contributed by atoms with Gasteiger partial charge in [0, 0.05) is 22.8 Å². The molecule has 0 spiro atoms. The molecule has 0 unspecified atom stereocenters. The van der Waals surface area contributed by atoms with Crippen LogP contribution in [0.25, 0.3) is 16.9 Å². The molecule has 2 nitrogen and oxygen atoms in total. The Hall–Kier alpha value is -2.48. The van der Waals surface area contributed by atoms with Crippen LogP contribution in [0.3, 0.4) is 0 Å². The van der Waals surface area contributed by atoms with E-state index in [-0.39, 0.29) is 0 Å². The summed E-state index contributed by atoms with van der Waals surface area (Å²) < 4.78 is 1.63. The Bertz CT molecular complexity index is 1740. The molecule has 1 heterocycles. The molecule has 0 saturated carbocycles. The second-order valence-electron chi connectivity index (χ2n) is 24.7. The van der Waals surface area contributed by atoms with Crippen molar-refractivity contribution in [3.05, 3.63) is 87.0 Å². The second kappa shape index (κ2) is 48.4. The van der Waals surface area contributed by atoms with Crippen LogP contribution in [0.2, 0.25) is 0 Å². The van der Waals surface area contributed by atoms with Gasteiger partial charge in [0.1, 0.15) is 0 Å². The summed E-state index contributed by atoms with van der Waals surface area (Å²) in [6, 6.07) is 14.8. The maximum absolute atomic E-state index is 12.5. The highest BCUT2D eigenvalue weighted by Crippen LogP contribution is 2.39. The predicted molar refractivity (Wildman–Crippen MR) is 341 cm³/mol. The lowest BCUT2D eigenvalue weighted by molar-refractivity contribution is -0.344. The Kier molecular flexibility index (Phi) is 43.2. The Morgan fingerprint density at radius 2 is 0.474 bits per heavy atom. The minimum atomic E-state index is 0.989. The molecule has 0 aromatic heterocycles. The van der Waals surface area contributed by atoms with Crippen molar-refractivity contribution in [1.82, 2.24) is 0 Å². The van der Waals surface area contributed by atoms with Crippen molar-refractivity contribution in [2.24, 2.45) is 0 Å². The Morgan fingerprint density at radius 3 is 0.750 bits per heavy atom. The topological polar surface area (TPSA) is 25.3 Å². The van der Waals surface area contributed by atoms with Crippen LogP contribution >= 0.6 is 0 Å². The van der Waals surface area contributed by atoms with Gasteiger partial charge in [0.2, 0.25) is 11.4 Å². The fourth-order valence-corrected chi connectivity index (χ4v) is 12.3. The van der Waals surface area contributed by atoms with Gasteiger partial charge in [-0.2, -0.15) is 0 Å². The molecule has 1 aliphatic heterocycles. The molecule has 0 N–H and O–H groups in total. The van der Waals surface area contributed by atoms with E-state index in [4.69, 9.17) is 0 Å². The number of hydrogen-bond acceptors (Lipinski definition) is 0. The smallest absolute Gasteiger partial charge is 0.210 e. The van der Waals surface area contributed by atoms with E-state index in [0.717, 1.165) is 43.5 Å². The van der Waals surface area contributed by atoms with Crippen molar-refractivity contribution in [3.63, 3.8) is 0 Å². The van der Waals surface area contributed by atoms with Crippen LogP contribution in [-0.4, -0.2) is 4.70 Å². The van der Waals surface area contributed by atoms with Crippen molar-refractivity contribution in [3.8, 4) is 0 Å². The zero-order valence-electron chi connectivity index (χ0n) is 51.9. The van der Waals surface area contributed by atoms with E-state index in [9.17, 15) is 5.53 Å². The number of allylic oxidation sites excluding steroid dienone is 2. The van der Waals surface area contributed by atoms with Gasteiger partial charge in [-0.1, -0.05) is 323 Å². The quantitative estimate of drug-likeness (QED) is 0.0466. The second-order valence-corrected chi connectivity index (χ2v) is 24.7. The molecule has 434 valence electrons. The summed E-state index contributed by atoms with van der Waals surface area (Å²) >= 11 is 0. The van der Waals surface area contributed by atoms with E-state index >= 15 is 0 Å². The molecule has 0 fully saturated rings. The normalized spacial score (nSPS) is 12.8. The van der Waals surface area contributed by atoms with Gasteiger partial charge in [-0.3, -0.25) is 0 Å². The van der Waals surface area contributed by atoms with Gasteiger partial charge in [0.15, 0.2) is 0 Å². The summed E-state index contributed by atoms with van der Waals surface area (Å²) in [4.78, 5) is 0. The molecule has 0 saturated heterocycles. The monoisotopic (exact) mass is 1050 g/mol. The maximum Gasteiger partial charge on any atom is 0.210 e. The van der Waals surface area contributed by atoms with Crippen molar-refractivity contribution in [2.45, 2.75) is 375 Å². The molecule has 2 aromatic rings. The highest BCUT2D eigenvalue weighted by molar-refractivity contribution is 5.79. The molecule has 76 heavy (non-hydrogen) atoms. The minimum Gasteiger partial charge on any atom is -0.493 e. The summed E-state index contributed by atoms with van der Waals surface area (Å²) in [5.41, 5.74) is 24.1. The SMILES string of the molecule is CCCCCCCCCCCCCCCCCCCCCc1cc(CCCC)cc(C2=CC(CCCCCCCC)=C(c3cc(CCCC)cc(CCCCCCCCCCCCCCCCCCCCC)c3)[N+]2=[N-])c1. The van der Waals surface area contributed by atoms with Gasteiger partial charge >= 0.3 is 0 Å². The van der Waals surface area contributed by atoms with E-state index < -0.39 is 0 Å². The highest BCUT2D eigenvalue weighted by Gasteiger charge is 2.30. The lowest BCUT2D eigenvalue weighted by Gasteiger charge is -2.15. The standard InChI is InChI=1S/C74H128N2/c1-6-11-16-19-22-24-26-28-30-32-34-36-38-40-42-44-46-48-51-56-68-59-66(54-14-9-4)61-71(62-68)73-65-70(58-53-50-21-18-13-8-3)74(76(73)75)72-63-67(55-15-10-5)60-69(64-72)57-52-49-47-45-43-41-39-37-35-33-31-29-27-25-23-20-17-12-7-2/h59-65H,6-58H2,1-5H3. The third-order valence-electron chi connectivity index (χ3n) is 17.3. The van der Waals surface area contributed by atoms with E-state index in [1.54, 1.807) is 4.70 Å². The first-order valence-electron chi connectivity index (χ1n) is 34.7. The van der Waals surface area contributed by atoms with Crippen molar-refractivity contribution >= 4 is 11.4 Å². The van der Waals surface area contributed by atoms with Crippen LogP contribution in [0.1, 0.15) is 383 Å². The first-order valence-corrected chi connectivity index (χ1v) is 34.7. The molecule has 1 aliphatic rings. The summed E-state index contributed by atoms with van der Waals surface area (Å²) in [5.74, 6) is 0. The largest absolute Gasteiger partial charge is 0.493 e. The highest BCUT2D eigenvalue weighted by atomic mass is 15.2. The molecule has 2 aromatic carbocycles. The van der Waals surface area contributed by atoms with Gasteiger partial charge in [0.05, 0.1) is 0 Å². The van der Waals surface area contributed by atoms with Crippen LogP contribution in [0.5, 0.6) is 0 Å². The van der Waals surface area contributed by atoms with Gasteiger partial charge in [0.25, 0.3) is 0 Å². The van der Waals surface area contributed by atoms with Gasteiger partial charge < -0.3 is 5.53 Å². The molecule has 0 bridgehead atoms. The molecule has 3 rings (SSSR count). The van der Waals surface area contributed by atoms with Crippen LogP contribution < -0.4 is 0 Å². The maximum atomic E-state index is 12.5. The summed E-state index contributed by atoms with van der Waals surface area (Å²) in [6.45, 7) is 11.6. The van der Waals surface area contributed by atoms with E-state index in [1.165, 1.54) is 347 Å². The van der Waals surface area contributed by atoms with Crippen LogP contribution in [0.15, 0.2) is 48.0 Å².